The highest BCUT2D eigenvalue weighted by atomic mass is 16.5. The van der Waals surface area contributed by atoms with Crippen molar-refractivity contribution in [3.8, 4) is 16.9 Å². The Morgan fingerprint density at radius 2 is 2.00 bits per heavy atom. The molecule has 0 atom stereocenters. The van der Waals surface area contributed by atoms with E-state index in [9.17, 15) is 4.79 Å². The van der Waals surface area contributed by atoms with Crippen LogP contribution in [0, 0.1) is 0 Å². The number of pyridine rings is 1. The van der Waals surface area contributed by atoms with Crippen molar-refractivity contribution >= 4 is 5.78 Å². The number of ether oxygens (including phenoxy) is 1. The first-order chi connectivity index (χ1) is 8.20. The smallest absolute Gasteiger partial charge is 0.161 e. The minimum atomic E-state index is 0.0160. The van der Waals surface area contributed by atoms with Crippen LogP contribution < -0.4 is 4.74 Å². The first-order valence-corrected chi connectivity index (χ1v) is 5.31. The molecule has 0 saturated heterocycles. The molecule has 3 nitrogen and oxygen atoms in total. The second-order valence-corrected chi connectivity index (χ2v) is 3.75. The molecule has 0 fully saturated rings. The first kappa shape index (κ1) is 11.3. The second kappa shape index (κ2) is 4.78. The van der Waals surface area contributed by atoms with E-state index >= 15 is 0 Å². The maximum atomic E-state index is 11.3. The molecule has 17 heavy (non-hydrogen) atoms. The molecular weight excluding hydrogens is 214 g/mol. The summed E-state index contributed by atoms with van der Waals surface area (Å²) in [4.78, 5) is 15.4. The third-order valence-electron chi connectivity index (χ3n) is 2.55. The number of hydrogen-bond acceptors (Lipinski definition) is 3. The van der Waals surface area contributed by atoms with E-state index in [0.717, 1.165) is 16.9 Å². The summed E-state index contributed by atoms with van der Waals surface area (Å²) >= 11 is 0. The maximum Gasteiger partial charge on any atom is 0.161 e. The summed E-state index contributed by atoms with van der Waals surface area (Å²) < 4.78 is 5.17. The van der Waals surface area contributed by atoms with Gasteiger partial charge in [0.1, 0.15) is 5.75 Å². The van der Waals surface area contributed by atoms with Gasteiger partial charge in [0.2, 0.25) is 0 Å². The molecule has 3 heteroatoms. The Balaban J connectivity index is 2.45. The Kier molecular flexibility index (Phi) is 3.19. The van der Waals surface area contributed by atoms with Crippen molar-refractivity contribution in [2.45, 2.75) is 6.92 Å². The van der Waals surface area contributed by atoms with Crippen LogP contribution in [0.2, 0.25) is 0 Å². The van der Waals surface area contributed by atoms with Gasteiger partial charge >= 0.3 is 0 Å². The van der Waals surface area contributed by atoms with Crippen LogP contribution in [0.5, 0.6) is 5.75 Å². The molecule has 0 amide bonds. The lowest BCUT2D eigenvalue weighted by Crippen LogP contribution is -1.93. The topological polar surface area (TPSA) is 39.2 Å². The zero-order valence-corrected chi connectivity index (χ0v) is 9.81. The summed E-state index contributed by atoms with van der Waals surface area (Å²) in [5.74, 6) is 0.804. The molecule has 86 valence electrons. The number of nitrogens with zero attached hydrogens (tertiary/aromatic N) is 1. The van der Waals surface area contributed by atoms with Gasteiger partial charge in [-0.2, -0.15) is 0 Å². The Bertz CT molecular complexity index is 549. The largest absolute Gasteiger partial charge is 0.497 e. The van der Waals surface area contributed by atoms with Crippen LogP contribution in [0.15, 0.2) is 42.7 Å². The monoisotopic (exact) mass is 227 g/mol. The molecule has 0 N–H and O–H groups in total. The van der Waals surface area contributed by atoms with Gasteiger partial charge in [0, 0.05) is 23.5 Å². The van der Waals surface area contributed by atoms with Crippen molar-refractivity contribution in [1.29, 1.82) is 0 Å². The van der Waals surface area contributed by atoms with Crippen molar-refractivity contribution in [2.75, 3.05) is 7.11 Å². The number of methoxy groups -OCH3 is 1. The van der Waals surface area contributed by atoms with Crippen molar-refractivity contribution in [3.05, 3.63) is 48.3 Å². The fourth-order valence-electron chi connectivity index (χ4n) is 1.59. The molecule has 0 radical (unpaired) electrons. The molecule has 0 saturated carbocycles. The number of Topliss-reactive ketones (excluding diaryl/α,β-unsaturated/α-hetero) is 1. The second-order valence-electron chi connectivity index (χ2n) is 3.75. The van der Waals surface area contributed by atoms with Crippen LogP contribution >= 0.6 is 0 Å². The number of carbonyl (C=O) groups excluding carboxylic acids is 1. The van der Waals surface area contributed by atoms with E-state index < -0.39 is 0 Å². The molecule has 2 rings (SSSR count). The molecule has 0 bridgehead atoms. The lowest BCUT2D eigenvalue weighted by atomic mass is 10.0. The molecule has 0 aliphatic rings. The highest BCUT2D eigenvalue weighted by molar-refractivity contribution is 5.94. The average Bonchev–Trinajstić information content (AvgIpc) is 2.39. The number of benzene rings is 1. The van der Waals surface area contributed by atoms with Crippen LogP contribution in [0.3, 0.4) is 0 Å². The van der Waals surface area contributed by atoms with Crippen LogP contribution in [-0.4, -0.2) is 17.9 Å². The van der Waals surface area contributed by atoms with Crippen molar-refractivity contribution in [1.82, 2.24) is 4.98 Å². The summed E-state index contributed by atoms with van der Waals surface area (Å²) in [5.41, 5.74) is 2.52. The molecule has 0 spiro atoms. The zero-order chi connectivity index (χ0) is 12.3. The predicted molar refractivity (Wildman–Crippen MR) is 66.2 cm³/mol. The number of rotatable bonds is 3. The molecule has 1 heterocycles. The van der Waals surface area contributed by atoms with Gasteiger partial charge in [0.25, 0.3) is 0 Å². The van der Waals surface area contributed by atoms with Crippen LogP contribution in [0.25, 0.3) is 11.1 Å². The third kappa shape index (κ3) is 2.50. The number of carbonyl (C=O) groups is 1. The van der Waals surface area contributed by atoms with Gasteiger partial charge in [-0.15, -0.1) is 0 Å². The SMILES string of the molecule is COc1cccc(-c2cncc(C(C)=O)c2)c1. The zero-order valence-electron chi connectivity index (χ0n) is 9.81. The summed E-state index contributed by atoms with van der Waals surface area (Å²) in [6, 6.07) is 9.51. The van der Waals surface area contributed by atoms with E-state index in [-0.39, 0.29) is 5.78 Å². The molecule has 2 aromatic rings. The summed E-state index contributed by atoms with van der Waals surface area (Å²) in [6.07, 6.45) is 3.31. The normalized spacial score (nSPS) is 10.0. The van der Waals surface area contributed by atoms with Crippen LogP contribution in [0.4, 0.5) is 0 Å². The molecule has 1 aromatic carbocycles. The third-order valence-corrected chi connectivity index (χ3v) is 2.55. The summed E-state index contributed by atoms with van der Waals surface area (Å²) in [5, 5.41) is 0. The van der Waals surface area contributed by atoms with Gasteiger partial charge in [-0.05, 0) is 30.7 Å². The van der Waals surface area contributed by atoms with Crippen LogP contribution in [0.1, 0.15) is 17.3 Å². The van der Waals surface area contributed by atoms with E-state index in [1.165, 1.54) is 6.92 Å². The van der Waals surface area contributed by atoms with E-state index in [2.05, 4.69) is 4.98 Å². The number of hydrogen-bond donors (Lipinski definition) is 0. The molecule has 0 unspecified atom stereocenters. The number of aromatic nitrogens is 1. The van der Waals surface area contributed by atoms with Gasteiger partial charge in [-0.1, -0.05) is 12.1 Å². The van der Waals surface area contributed by atoms with Crippen molar-refractivity contribution < 1.29 is 9.53 Å². The fraction of sp³-hybridized carbons (Fsp3) is 0.143. The minimum Gasteiger partial charge on any atom is -0.497 e. The standard InChI is InChI=1S/C14H13NO2/c1-10(16)12-6-13(9-15-8-12)11-4-3-5-14(7-11)17-2/h3-9H,1-2H3. The molecule has 1 aromatic heterocycles. The fourth-order valence-corrected chi connectivity index (χ4v) is 1.59. The van der Waals surface area contributed by atoms with Crippen LogP contribution in [-0.2, 0) is 0 Å². The highest BCUT2D eigenvalue weighted by Gasteiger charge is 2.04. The Morgan fingerprint density at radius 3 is 2.71 bits per heavy atom. The van der Waals surface area contributed by atoms with Gasteiger partial charge in [0.15, 0.2) is 5.78 Å². The first-order valence-electron chi connectivity index (χ1n) is 5.31. The van der Waals surface area contributed by atoms with Gasteiger partial charge in [-0.25, -0.2) is 0 Å². The highest BCUT2D eigenvalue weighted by Crippen LogP contribution is 2.23. The van der Waals surface area contributed by atoms with Crippen molar-refractivity contribution in [3.63, 3.8) is 0 Å². The summed E-state index contributed by atoms with van der Waals surface area (Å²) in [7, 11) is 1.63. The van der Waals surface area contributed by atoms with E-state index in [1.807, 2.05) is 30.3 Å². The van der Waals surface area contributed by atoms with E-state index in [1.54, 1.807) is 19.5 Å². The van der Waals surface area contributed by atoms with Crippen molar-refractivity contribution in [2.24, 2.45) is 0 Å². The average molecular weight is 227 g/mol. The van der Waals surface area contributed by atoms with Gasteiger partial charge in [0.05, 0.1) is 7.11 Å². The van der Waals surface area contributed by atoms with Gasteiger partial charge in [-0.3, -0.25) is 9.78 Å². The van der Waals surface area contributed by atoms with E-state index in [0.29, 0.717) is 5.56 Å². The molecular formula is C14H13NO2. The predicted octanol–water partition coefficient (Wildman–Crippen LogP) is 2.96. The quantitative estimate of drug-likeness (QED) is 0.757. The van der Waals surface area contributed by atoms with E-state index in [4.69, 9.17) is 4.74 Å². The lowest BCUT2D eigenvalue weighted by molar-refractivity contribution is 0.101. The Hall–Kier alpha value is -2.16. The maximum absolute atomic E-state index is 11.3. The Labute approximate surface area is 100 Å². The van der Waals surface area contributed by atoms with Gasteiger partial charge < -0.3 is 4.74 Å². The molecule has 0 aliphatic heterocycles. The molecule has 0 aliphatic carbocycles. The minimum absolute atomic E-state index is 0.0160. The Morgan fingerprint density at radius 1 is 1.18 bits per heavy atom. The lowest BCUT2D eigenvalue weighted by Gasteiger charge is -2.05. The summed E-state index contributed by atoms with van der Waals surface area (Å²) in [6.45, 7) is 1.53. The number of ketones is 1.